The Kier molecular flexibility index (Phi) is 5.60. The van der Waals surface area contributed by atoms with Gasteiger partial charge >= 0.3 is 0 Å². The second-order valence-corrected chi connectivity index (χ2v) is 6.26. The summed E-state index contributed by atoms with van der Waals surface area (Å²) in [5, 5.41) is 4.23. The summed E-state index contributed by atoms with van der Waals surface area (Å²) in [7, 11) is 1.57. The third-order valence-corrected chi connectivity index (χ3v) is 4.55. The topological polar surface area (TPSA) is 64.4 Å². The maximum Gasteiger partial charge on any atom is 0.274 e. The van der Waals surface area contributed by atoms with Crippen molar-refractivity contribution < 1.29 is 9.53 Å². The molecule has 1 aromatic carbocycles. The van der Waals surface area contributed by atoms with Crippen LogP contribution < -0.4 is 5.56 Å². The number of likely N-dealkylation sites (tertiary alicyclic amines) is 1. The average molecular weight is 341 g/mol. The minimum Gasteiger partial charge on any atom is -0.383 e. The number of ether oxygens (including phenoxy) is 1. The van der Waals surface area contributed by atoms with E-state index in [0.29, 0.717) is 18.8 Å². The van der Waals surface area contributed by atoms with E-state index in [1.165, 1.54) is 22.4 Å². The Morgan fingerprint density at radius 2 is 2.04 bits per heavy atom. The molecule has 1 aromatic heterocycles. The van der Waals surface area contributed by atoms with Crippen LogP contribution in [-0.2, 0) is 17.7 Å². The van der Waals surface area contributed by atoms with Gasteiger partial charge in [0.1, 0.15) is 5.69 Å². The van der Waals surface area contributed by atoms with E-state index >= 15 is 0 Å². The molecule has 2 aromatic rings. The fourth-order valence-corrected chi connectivity index (χ4v) is 3.25. The number of hydrogen-bond acceptors (Lipinski definition) is 4. The molecule has 0 N–H and O–H groups in total. The van der Waals surface area contributed by atoms with Crippen LogP contribution in [0.1, 0.15) is 28.9 Å². The maximum atomic E-state index is 12.9. The summed E-state index contributed by atoms with van der Waals surface area (Å²) in [4.78, 5) is 26.6. The number of hydrogen-bond donors (Lipinski definition) is 0. The Hall–Kier alpha value is -2.47. The smallest absolute Gasteiger partial charge is 0.274 e. The van der Waals surface area contributed by atoms with Gasteiger partial charge in [0, 0.05) is 25.8 Å². The third-order valence-electron chi connectivity index (χ3n) is 4.55. The lowest BCUT2D eigenvalue weighted by molar-refractivity contribution is 0.0726. The number of carbonyl (C=O) groups excluding carboxylic acids is 1. The molecule has 1 amide bonds. The van der Waals surface area contributed by atoms with E-state index in [-0.39, 0.29) is 17.5 Å². The molecule has 6 heteroatoms. The van der Waals surface area contributed by atoms with E-state index in [9.17, 15) is 9.59 Å². The van der Waals surface area contributed by atoms with E-state index in [0.717, 1.165) is 25.8 Å². The fraction of sp³-hybridized carbons (Fsp3) is 0.421. The number of benzene rings is 1. The van der Waals surface area contributed by atoms with Gasteiger partial charge in [-0.05, 0) is 30.9 Å². The summed E-state index contributed by atoms with van der Waals surface area (Å²) in [6.07, 6.45) is 2.83. The van der Waals surface area contributed by atoms with Gasteiger partial charge in [-0.15, -0.1) is 0 Å². The highest BCUT2D eigenvalue weighted by molar-refractivity contribution is 5.92. The Labute approximate surface area is 147 Å². The van der Waals surface area contributed by atoms with Gasteiger partial charge in [-0.25, -0.2) is 4.68 Å². The molecule has 132 valence electrons. The van der Waals surface area contributed by atoms with E-state index in [4.69, 9.17) is 4.74 Å². The second kappa shape index (κ2) is 8.07. The van der Waals surface area contributed by atoms with Crippen molar-refractivity contribution in [2.45, 2.75) is 31.8 Å². The zero-order chi connectivity index (χ0) is 17.6. The monoisotopic (exact) mass is 341 g/mol. The molecule has 1 saturated heterocycles. The summed E-state index contributed by atoms with van der Waals surface area (Å²) in [6, 6.07) is 13.3. The van der Waals surface area contributed by atoms with Gasteiger partial charge in [0.25, 0.3) is 11.5 Å². The molecule has 3 rings (SSSR count). The molecule has 1 fully saturated rings. The van der Waals surface area contributed by atoms with Gasteiger partial charge < -0.3 is 9.64 Å². The van der Waals surface area contributed by atoms with Gasteiger partial charge in [0.05, 0.1) is 13.2 Å². The minimum absolute atomic E-state index is 0.107. The van der Waals surface area contributed by atoms with Crippen LogP contribution in [0.4, 0.5) is 0 Å². The highest BCUT2D eigenvalue weighted by atomic mass is 16.5. The lowest BCUT2D eigenvalue weighted by Gasteiger charge is -2.24. The fourth-order valence-electron chi connectivity index (χ4n) is 3.25. The number of methoxy groups -OCH3 is 1. The van der Waals surface area contributed by atoms with Crippen molar-refractivity contribution in [1.29, 1.82) is 0 Å². The Morgan fingerprint density at radius 1 is 1.24 bits per heavy atom. The standard InChI is InChI=1S/C19H23N3O3/c1-25-13-12-22-18(23)10-9-17(20-22)19(24)21-11-5-8-16(21)14-15-6-3-2-4-7-15/h2-4,6-7,9-10,16H,5,8,11-14H2,1H3. The van der Waals surface area contributed by atoms with Crippen LogP contribution in [0.2, 0.25) is 0 Å². The number of nitrogens with zero attached hydrogens (tertiary/aromatic N) is 3. The molecular formula is C19H23N3O3. The van der Waals surface area contributed by atoms with E-state index < -0.39 is 0 Å². The largest absolute Gasteiger partial charge is 0.383 e. The van der Waals surface area contributed by atoms with Gasteiger partial charge in [0.15, 0.2) is 0 Å². The zero-order valence-corrected chi connectivity index (χ0v) is 14.4. The number of aromatic nitrogens is 2. The summed E-state index contributed by atoms with van der Waals surface area (Å²) in [5.74, 6) is -0.107. The lowest BCUT2D eigenvalue weighted by Crippen LogP contribution is -2.38. The van der Waals surface area contributed by atoms with Crippen LogP contribution in [0.25, 0.3) is 0 Å². The highest BCUT2D eigenvalue weighted by Crippen LogP contribution is 2.22. The van der Waals surface area contributed by atoms with Crippen LogP contribution in [0.3, 0.4) is 0 Å². The minimum atomic E-state index is -0.226. The van der Waals surface area contributed by atoms with Crippen LogP contribution in [0.5, 0.6) is 0 Å². The molecule has 1 aliphatic rings. The van der Waals surface area contributed by atoms with Crippen LogP contribution in [0.15, 0.2) is 47.3 Å². The van der Waals surface area contributed by atoms with E-state index in [2.05, 4.69) is 17.2 Å². The molecule has 0 spiro atoms. The van der Waals surface area contributed by atoms with Crippen molar-refractivity contribution >= 4 is 5.91 Å². The average Bonchev–Trinajstić information content (AvgIpc) is 3.09. The first kappa shape index (κ1) is 17.4. The quantitative estimate of drug-likeness (QED) is 0.803. The first-order valence-corrected chi connectivity index (χ1v) is 8.61. The SMILES string of the molecule is COCCn1nc(C(=O)N2CCCC2Cc2ccccc2)ccc1=O. The number of carbonyl (C=O) groups is 1. The van der Waals surface area contributed by atoms with Crippen molar-refractivity contribution in [3.8, 4) is 0 Å². The van der Waals surface area contributed by atoms with Crippen molar-refractivity contribution in [3.63, 3.8) is 0 Å². The molecule has 1 atom stereocenters. The molecule has 0 aliphatic carbocycles. The van der Waals surface area contributed by atoms with Crippen LogP contribution in [0, 0.1) is 0 Å². The summed E-state index contributed by atoms with van der Waals surface area (Å²) >= 11 is 0. The van der Waals surface area contributed by atoms with Gasteiger partial charge in [-0.2, -0.15) is 5.10 Å². The predicted molar refractivity (Wildman–Crippen MR) is 94.6 cm³/mol. The zero-order valence-electron chi connectivity index (χ0n) is 14.4. The molecule has 25 heavy (non-hydrogen) atoms. The Bertz CT molecular complexity index is 773. The van der Waals surface area contributed by atoms with E-state index in [1.807, 2.05) is 23.1 Å². The summed E-state index contributed by atoms with van der Waals surface area (Å²) < 4.78 is 6.28. The molecule has 0 saturated carbocycles. The second-order valence-electron chi connectivity index (χ2n) is 6.26. The van der Waals surface area contributed by atoms with E-state index in [1.54, 1.807) is 7.11 Å². The molecule has 0 bridgehead atoms. The number of amides is 1. The van der Waals surface area contributed by atoms with Gasteiger partial charge in [-0.3, -0.25) is 9.59 Å². The third kappa shape index (κ3) is 4.14. The number of rotatable bonds is 6. The predicted octanol–water partition coefficient (Wildman–Crippen LogP) is 1.74. The normalized spacial score (nSPS) is 17.0. The Morgan fingerprint density at radius 3 is 2.80 bits per heavy atom. The van der Waals surface area contributed by atoms with Crippen molar-refractivity contribution in [3.05, 3.63) is 64.1 Å². The lowest BCUT2D eigenvalue weighted by atomic mass is 10.0. The highest BCUT2D eigenvalue weighted by Gasteiger charge is 2.30. The van der Waals surface area contributed by atoms with Crippen LogP contribution in [-0.4, -0.2) is 46.9 Å². The maximum absolute atomic E-state index is 12.9. The molecule has 6 nitrogen and oxygen atoms in total. The molecule has 2 heterocycles. The molecular weight excluding hydrogens is 318 g/mol. The van der Waals surface area contributed by atoms with Crippen molar-refractivity contribution in [2.24, 2.45) is 0 Å². The van der Waals surface area contributed by atoms with Gasteiger partial charge in [-0.1, -0.05) is 30.3 Å². The first-order chi connectivity index (χ1) is 12.2. The first-order valence-electron chi connectivity index (χ1n) is 8.61. The summed E-state index contributed by atoms with van der Waals surface area (Å²) in [6.45, 7) is 1.45. The van der Waals surface area contributed by atoms with Crippen molar-refractivity contribution in [2.75, 3.05) is 20.3 Å². The Balaban J connectivity index is 1.76. The summed E-state index contributed by atoms with van der Waals surface area (Å²) in [5.41, 5.74) is 1.32. The van der Waals surface area contributed by atoms with Crippen molar-refractivity contribution in [1.82, 2.24) is 14.7 Å². The molecule has 1 unspecified atom stereocenters. The molecule has 1 aliphatic heterocycles. The molecule has 0 radical (unpaired) electrons. The van der Waals surface area contributed by atoms with Gasteiger partial charge in [0.2, 0.25) is 0 Å². The van der Waals surface area contributed by atoms with Crippen LogP contribution >= 0.6 is 0 Å².